The molecule has 2 fully saturated rings. The van der Waals surface area contributed by atoms with Gasteiger partial charge in [-0.15, -0.1) is 0 Å². The van der Waals surface area contributed by atoms with Crippen molar-refractivity contribution >= 4 is 23.8 Å². The summed E-state index contributed by atoms with van der Waals surface area (Å²) in [6, 6.07) is 13.7. The molecule has 0 bridgehead atoms. The predicted octanol–water partition coefficient (Wildman–Crippen LogP) is 4.83. The number of aliphatic hydroxyl groups is 1. The van der Waals surface area contributed by atoms with Gasteiger partial charge in [0.2, 0.25) is 5.91 Å². The molecule has 278 valence electrons. The van der Waals surface area contributed by atoms with Crippen molar-refractivity contribution in [1.29, 1.82) is 0 Å². The van der Waals surface area contributed by atoms with E-state index in [1.807, 2.05) is 30.3 Å². The third kappa shape index (κ3) is 9.31. The van der Waals surface area contributed by atoms with Gasteiger partial charge in [-0.3, -0.25) is 19.3 Å². The van der Waals surface area contributed by atoms with E-state index >= 15 is 0 Å². The van der Waals surface area contributed by atoms with Crippen LogP contribution in [0.4, 0.5) is 13.6 Å². The van der Waals surface area contributed by atoms with Gasteiger partial charge < -0.3 is 29.7 Å². The Morgan fingerprint density at radius 3 is 2.29 bits per heavy atom. The number of nitrogens with one attached hydrogen (secondary N) is 1. The molecule has 0 saturated carbocycles. The van der Waals surface area contributed by atoms with Crippen molar-refractivity contribution in [3.05, 3.63) is 106 Å². The van der Waals surface area contributed by atoms with Crippen molar-refractivity contribution in [3.63, 3.8) is 0 Å². The molecular formula is C39H46F2N4O7. The molecule has 4 atom stereocenters. The first-order chi connectivity index (χ1) is 24.6. The zero-order valence-corrected chi connectivity index (χ0v) is 30.1. The van der Waals surface area contributed by atoms with Crippen LogP contribution in [0.2, 0.25) is 0 Å². The fourth-order valence-corrected chi connectivity index (χ4v) is 6.80. The average Bonchev–Trinajstić information content (AvgIpc) is 3.67. The number of carbonyl (C=O) groups excluding carboxylic acids is 4. The highest BCUT2D eigenvalue weighted by atomic mass is 19.1. The highest BCUT2D eigenvalue weighted by Crippen LogP contribution is 2.27. The van der Waals surface area contributed by atoms with Crippen LogP contribution >= 0.6 is 0 Å². The number of likely N-dealkylation sites (tertiary alicyclic amines) is 1. The molecule has 5 rings (SSSR count). The second kappa shape index (κ2) is 16.2. The van der Waals surface area contributed by atoms with Crippen LogP contribution in [0.1, 0.15) is 71.0 Å². The maximum Gasteiger partial charge on any atom is 0.412 e. The quantitative estimate of drug-likeness (QED) is 0.291. The monoisotopic (exact) mass is 720 g/mol. The molecule has 4 amide bonds. The van der Waals surface area contributed by atoms with E-state index in [1.54, 1.807) is 51.8 Å². The second-order valence-electron chi connectivity index (χ2n) is 14.4. The lowest BCUT2D eigenvalue weighted by Gasteiger charge is -2.33. The summed E-state index contributed by atoms with van der Waals surface area (Å²) in [5.41, 5.74) is 0.949. The molecule has 2 aliphatic rings. The Morgan fingerprint density at radius 1 is 0.962 bits per heavy atom. The summed E-state index contributed by atoms with van der Waals surface area (Å²) in [6.45, 7) is 7.57. The minimum Gasteiger partial charge on any atom is -0.444 e. The van der Waals surface area contributed by atoms with E-state index in [9.17, 15) is 33.1 Å². The summed E-state index contributed by atoms with van der Waals surface area (Å²) in [4.78, 5) is 59.4. The van der Waals surface area contributed by atoms with Gasteiger partial charge in [-0.2, -0.15) is 0 Å². The largest absolute Gasteiger partial charge is 0.444 e. The van der Waals surface area contributed by atoms with Gasteiger partial charge in [0, 0.05) is 37.4 Å². The van der Waals surface area contributed by atoms with Crippen LogP contribution in [0.3, 0.4) is 0 Å². The number of aryl methyl sites for hydroxylation is 1. The first-order valence-electron chi connectivity index (χ1n) is 17.3. The second-order valence-corrected chi connectivity index (χ2v) is 14.4. The zero-order chi connectivity index (χ0) is 37.7. The van der Waals surface area contributed by atoms with E-state index in [1.165, 1.54) is 11.0 Å². The average molecular weight is 721 g/mol. The third-order valence-electron chi connectivity index (χ3n) is 9.08. The SMILES string of the molecule is COC[C@H]1CCCN1C(=O)c1cc(C)cc(C(=O)N[C@@H](Cc2cc(F)cc(F)c2)[C@H](O)[C@H]2C(=O)N(Cc3ccccc3)CN2C(=O)OC(C)(C)C)c1. The minimum absolute atomic E-state index is 0.0931. The molecular weight excluding hydrogens is 674 g/mol. The molecule has 2 aliphatic heterocycles. The summed E-state index contributed by atoms with van der Waals surface area (Å²) < 4.78 is 39.6. The van der Waals surface area contributed by atoms with Crippen molar-refractivity contribution < 1.29 is 42.5 Å². The van der Waals surface area contributed by atoms with Gasteiger partial charge in [-0.1, -0.05) is 30.3 Å². The van der Waals surface area contributed by atoms with E-state index in [0.29, 0.717) is 24.8 Å². The Balaban J connectivity index is 1.48. The standard InChI is InChI=1S/C39H46F2N4O7/c1-24-14-27(19-28(15-24)36(48)44-13-9-12-31(44)22-51-5)35(47)42-32(18-26-16-29(40)20-30(41)17-26)34(46)33-37(49)43(21-25-10-7-6-8-11-25)23-45(33)38(50)52-39(2,3)4/h6-8,10-11,14-17,19-20,31-34,46H,9,12-13,18,21-23H2,1-5H3,(H,42,47)/t31-,32+,33+,34+/m1/s1. The molecule has 2 saturated heterocycles. The summed E-state index contributed by atoms with van der Waals surface area (Å²) in [5, 5.41) is 14.8. The topological polar surface area (TPSA) is 129 Å². The van der Waals surface area contributed by atoms with Crippen LogP contribution < -0.4 is 5.32 Å². The number of benzene rings is 3. The van der Waals surface area contributed by atoms with E-state index in [0.717, 1.165) is 35.4 Å². The molecule has 0 radical (unpaired) electrons. The van der Waals surface area contributed by atoms with Crippen LogP contribution in [0.25, 0.3) is 0 Å². The molecule has 11 nitrogen and oxygen atoms in total. The van der Waals surface area contributed by atoms with Gasteiger partial charge in [-0.25, -0.2) is 13.6 Å². The molecule has 3 aromatic carbocycles. The number of aliphatic hydroxyl groups excluding tert-OH is 1. The third-order valence-corrected chi connectivity index (χ3v) is 9.08. The number of carbonyl (C=O) groups is 4. The first-order valence-corrected chi connectivity index (χ1v) is 17.3. The van der Waals surface area contributed by atoms with Crippen molar-refractivity contribution in [2.24, 2.45) is 0 Å². The number of ether oxygens (including phenoxy) is 2. The molecule has 0 aromatic heterocycles. The van der Waals surface area contributed by atoms with E-state index < -0.39 is 53.3 Å². The number of hydrogen-bond acceptors (Lipinski definition) is 7. The van der Waals surface area contributed by atoms with Gasteiger partial charge in [0.1, 0.15) is 36.0 Å². The Morgan fingerprint density at radius 2 is 1.63 bits per heavy atom. The number of rotatable bonds is 11. The normalized spacial score (nSPS) is 18.8. The molecule has 0 unspecified atom stereocenters. The maximum absolute atomic E-state index is 14.4. The number of halogens is 2. The number of methoxy groups -OCH3 is 1. The Kier molecular flexibility index (Phi) is 12.0. The maximum atomic E-state index is 14.4. The highest BCUT2D eigenvalue weighted by Gasteiger charge is 2.49. The lowest BCUT2D eigenvalue weighted by Crippen LogP contribution is -2.57. The van der Waals surface area contributed by atoms with Crippen LogP contribution in [0.15, 0.2) is 66.7 Å². The highest BCUT2D eigenvalue weighted by molar-refractivity contribution is 6.00. The molecule has 52 heavy (non-hydrogen) atoms. The van der Waals surface area contributed by atoms with Crippen LogP contribution in [0, 0.1) is 18.6 Å². The van der Waals surface area contributed by atoms with Gasteiger partial charge in [-0.05, 0) is 94.0 Å². The van der Waals surface area contributed by atoms with Crippen LogP contribution in [0.5, 0.6) is 0 Å². The van der Waals surface area contributed by atoms with Gasteiger partial charge in [0.15, 0.2) is 0 Å². The predicted molar refractivity (Wildman–Crippen MR) is 188 cm³/mol. The number of amides is 4. The molecule has 13 heteroatoms. The Labute approximate surface area is 302 Å². The summed E-state index contributed by atoms with van der Waals surface area (Å²) in [6.07, 6.45) is -1.32. The number of nitrogens with zero attached hydrogens (tertiary/aromatic N) is 3. The molecule has 2 heterocycles. The summed E-state index contributed by atoms with van der Waals surface area (Å²) >= 11 is 0. The van der Waals surface area contributed by atoms with Crippen LogP contribution in [-0.4, -0.2) is 100 Å². The van der Waals surface area contributed by atoms with Gasteiger partial charge in [0.25, 0.3) is 11.8 Å². The van der Waals surface area contributed by atoms with Crippen LogP contribution in [-0.2, 0) is 27.2 Å². The van der Waals surface area contributed by atoms with E-state index in [2.05, 4.69) is 5.32 Å². The lowest BCUT2D eigenvalue weighted by molar-refractivity contribution is -0.132. The molecule has 3 aromatic rings. The molecule has 0 aliphatic carbocycles. The van der Waals surface area contributed by atoms with Gasteiger partial charge in [0.05, 0.1) is 18.7 Å². The minimum atomic E-state index is -1.76. The Hall–Kier alpha value is -4.88. The van der Waals surface area contributed by atoms with Gasteiger partial charge >= 0.3 is 6.09 Å². The first kappa shape index (κ1) is 38.4. The fraction of sp³-hybridized carbons (Fsp3) is 0.436. The van der Waals surface area contributed by atoms with Crippen molar-refractivity contribution in [2.45, 2.75) is 83.3 Å². The smallest absolute Gasteiger partial charge is 0.412 e. The molecule has 2 N–H and O–H groups in total. The van der Waals surface area contributed by atoms with Crippen molar-refractivity contribution in [3.8, 4) is 0 Å². The number of hydrogen-bond donors (Lipinski definition) is 2. The zero-order valence-electron chi connectivity index (χ0n) is 30.1. The summed E-state index contributed by atoms with van der Waals surface area (Å²) in [5.74, 6) is -3.31. The van der Waals surface area contributed by atoms with Crippen molar-refractivity contribution in [2.75, 3.05) is 26.9 Å². The van der Waals surface area contributed by atoms with Crippen molar-refractivity contribution in [1.82, 2.24) is 20.0 Å². The summed E-state index contributed by atoms with van der Waals surface area (Å²) in [7, 11) is 1.58. The lowest BCUT2D eigenvalue weighted by atomic mass is 9.94. The van der Waals surface area contributed by atoms with E-state index in [-0.39, 0.29) is 48.3 Å². The van der Waals surface area contributed by atoms with E-state index in [4.69, 9.17) is 9.47 Å². The molecule has 0 spiro atoms. The Bertz CT molecular complexity index is 1760. The fourth-order valence-electron chi connectivity index (χ4n) is 6.80.